The molecule has 5 heterocycles. The number of nitrogens with zero attached hydrogens (tertiary/aromatic N) is 5. The van der Waals surface area contributed by atoms with E-state index in [9.17, 15) is 29.1 Å². The highest BCUT2D eigenvalue weighted by Gasteiger charge is 2.52. The predicted octanol–water partition coefficient (Wildman–Crippen LogP) is 4.58. The highest BCUT2D eigenvalue weighted by atomic mass is 16.5. The maximum atomic E-state index is 14.7. The first-order valence-electron chi connectivity index (χ1n) is 23.7. The minimum Gasteiger partial charge on any atom is -0.508 e. The number of aromatic nitrogens is 2. The smallest absolute Gasteiger partial charge is 0.324 e. The van der Waals surface area contributed by atoms with Crippen molar-refractivity contribution in [1.82, 2.24) is 40.4 Å². The molecule has 3 aliphatic heterocycles. The van der Waals surface area contributed by atoms with Crippen molar-refractivity contribution in [1.29, 1.82) is 0 Å². The van der Waals surface area contributed by atoms with Gasteiger partial charge in [0.25, 0.3) is 5.91 Å². The standard InChI is InChI=1S/C51H66N8O8/c1-9-58-41-15-14-32-23-36(41)37(46(58)38-25-52-17-16-33(38)27-66-8)24-51(4,5)28-67-50(65)39-11-10-18-59(55-39)48(63)40(21-30-19-34(32)22-35(60)20-30)53-47(62)45(29(2)3)57(7)42(61)26-56(6)49(64)44-43(54-44)31-12-13-31/h14-17,19-20,22-23,25,29,31,39-40,43-45,54-55,60H,9-13,18,21,24,26-28H2,1-8H3,(H,53,62)/t39-,40-,43?,44+,45?/m0/s1. The number of rotatable bonds is 12. The molecular weight excluding hydrogens is 853 g/mol. The van der Waals surface area contributed by atoms with Gasteiger partial charge in [0, 0.05) is 81.0 Å². The number of pyridine rings is 1. The molecule has 2 unspecified atom stereocenters. The number of fused-ring (bicyclic) bond motifs is 6. The lowest BCUT2D eigenvalue weighted by Crippen LogP contribution is -2.62. The number of phenolic OH excluding ortho intramolecular Hbond substituents is 1. The normalized spacial score (nSPS) is 22.2. The van der Waals surface area contributed by atoms with Gasteiger partial charge in [0.2, 0.25) is 17.7 Å². The summed E-state index contributed by atoms with van der Waals surface area (Å²) in [7, 11) is 4.81. The van der Waals surface area contributed by atoms with Gasteiger partial charge in [-0.2, -0.15) is 0 Å². The zero-order chi connectivity index (χ0) is 47.9. The van der Waals surface area contributed by atoms with E-state index < -0.39 is 47.2 Å². The number of hydrogen-bond donors (Lipinski definition) is 4. The molecule has 3 fully saturated rings. The van der Waals surface area contributed by atoms with Crippen molar-refractivity contribution in [2.24, 2.45) is 17.3 Å². The molecule has 2 aromatic carbocycles. The number of benzene rings is 2. The number of ether oxygens (including phenoxy) is 2. The number of carbonyl (C=O) groups excluding carboxylic acids is 5. The number of methoxy groups -OCH3 is 1. The van der Waals surface area contributed by atoms with E-state index in [0.717, 1.165) is 51.7 Å². The summed E-state index contributed by atoms with van der Waals surface area (Å²) < 4.78 is 14.0. The van der Waals surface area contributed by atoms with Crippen LogP contribution in [0.25, 0.3) is 33.3 Å². The molecule has 16 heteroatoms. The summed E-state index contributed by atoms with van der Waals surface area (Å²) in [5.74, 6) is -1.95. The molecule has 0 radical (unpaired) electrons. The number of aryl methyl sites for hydroxylation is 1. The second-order valence-electron chi connectivity index (χ2n) is 20.1. The number of esters is 1. The number of aromatic hydroxyl groups is 1. The quantitative estimate of drug-likeness (QED) is 0.115. The van der Waals surface area contributed by atoms with E-state index in [1.807, 2.05) is 38.2 Å². The zero-order valence-electron chi connectivity index (χ0n) is 40.1. The minimum atomic E-state index is -1.17. The van der Waals surface area contributed by atoms with Gasteiger partial charge in [0.15, 0.2) is 0 Å². The van der Waals surface area contributed by atoms with Crippen LogP contribution in [0, 0.1) is 17.3 Å². The Balaban J connectivity index is 1.15. The molecule has 4 N–H and O–H groups in total. The lowest BCUT2D eigenvalue weighted by atomic mass is 9.84. The molecule has 0 spiro atoms. The number of likely N-dealkylation sites (N-methyl/N-ethyl adjacent to an activating group) is 2. The molecule has 4 amide bonds. The van der Waals surface area contributed by atoms with E-state index in [-0.39, 0.29) is 55.8 Å². The second-order valence-corrected chi connectivity index (χ2v) is 20.1. The Bertz CT molecular complexity index is 2550. The number of phenols is 1. The lowest BCUT2D eigenvalue weighted by molar-refractivity contribution is -0.155. The van der Waals surface area contributed by atoms with Crippen LogP contribution < -0.4 is 16.1 Å². The molecule has 8 rings (SSSR count). The van der Waals surface area contributed by atoms with Gasteiger partial charge in [-0.3, -0.25) is 39.3 Å². The number of cyclic esters (lactones) is 1. The number of hydrogen-bond acceptors (Lipinski definition) is 11. The SMILES string of the molecule is CCn1c(-c2cnccc2COC)c2c3cc(ccc31)-c1cc(O)cc(c1)C[C@H](NC(=O)C(C(C)C)N(C)C(=O)CN(C)C(=O)[C@@H]1NC1C1CC1)C(=O)N1CCC[C@H](N1)C(=O)OCC(C)(C)C2. The van der Waals surface area contributed by atoms with Crippen LogP contribution in [0.2, 0.25) is 0 Å². The summed E-state index contributed by atoms with van der Waals surface area (Å²) in [5.41, 5.74) is 9.72. The van der Waals surface area contributed by atoms with Crippen molar-refractivity contribution in [2.45, 2.75) is 117 Å². The highest BCUT2D eigenvalue weighted by Crippen LogP contribution is 2.42. The summed E-state index contributed by atoms with van der Waals surface area (Å²) >= 11 is 0. The Morgan fingerprint density at radius 1 is 1.06 bits per heavy atom. The van der Waals surface area contributed by atoms with Gasteiger partial charge in [-0.05, 0) is 109 Å². The molecule has 4 aliphatic rings. The first-order chi connectivity index (χ1) is 32.0. The Kier molecular flexibility index (Phi) is 13.8. The Morgan fingerprint density at radius 3 is 2.55 bits per heavy atom. The molecule has 2 saturated heterocycles. The van der Waals surface area contributed by atoms with E-state index in [1.165, 1.54) is 14.8 Å². The number of carbonyl (C=O) groups is 5. The number of hydrazine groups is 1. The van der Waals surface area contributed by atoms with E-state index in [0.29, 0.717) is 49.5 Å². The molecule has 4 aromatic rings. The summed E-state index contributed by atoms with van der Waals surface area (Å²) in [6.07, 6.45) is 7.31. The first kappa shape index (κ1) is 47.6. The summed E-state index contributed by atoms with van der Waals surface area (Å²) in [6.45, 7) is 11.1. The first-order valence-corrected chi connectivity index (χ1v) is 23.7. The van der Waals surface area contributed by atoms with Gasteiger partial charge >= 0.3 is 5.97 Å². The Labute approximate surface area is 392 Å². The van der Waals surface area contributed by atoms with Crippen molar-refractivity contribution >= 4 is 40.5 Å². The Morgan fingerprint density at radius 2 is 1.84 bits per heavy atom. The lowest BCUT2D eigenvalue weighted by Gasteiger charge is -2.37. The van der Waals surface area contributed by atoms with Gasteiger partial charge in [-0.1, -0.05) is 39.8 Å². The van der Waals surface area contributed by atoms with Gasteiger partial charge < -0.3 is 34.3 Å². The monoisotopic (exact) mass is 919 g/mol. The number of amides is 4. The fraction of sp³-hybridized carbons (Fsp3) is 0.529. The van der Waals surface area contributed by atoms with Crippen molar-refractivity contribution in [3.8, 4) is 28.1 Å². The van der Waals surface area contributed by atoms with Gasteiger partial charge in [-0.25, -0.2) is 5.43 Å². The van der Waals surface area contributed by atoms with E-state index >= 15 is 0 Å². The van der Waals surface area contributed by atoms with Crippen LogP contribution >= 0.6 is 0 Å². The molecule has 67 heavy (non-hydrogen) atoms. The highest BCUT2D eigenvalue weighted by molar-refractivity contribution is 5.96. The zero-order valence-corrected chi connectivity index (χ0v) is 40.1. The molecule has 1 saturated carbocycles. The minimum absolute atomic E-state index is 0.0138. The molecule has 2 aromatic heterocycles. The van der Waals surface area contributed by atoms with Crippen LogP contribution in [0.15, 0.2) is 54.9 Å². The van der Waals surface area contributed by atoms with Crippen LogP contribution in [0.5, 0.6) is 5.75 Å². The number of nitrogens with one attached hydrogen (secondary N) is 3. The van der Waals surface area contributed by atoms with E-state index in [4.69, 9.17) is 9.47 Å². The van der Waals surface area contributed by atoms with Crippen molar-refractivity contribution < 1.29 is 38.6 Å². The van der Waals surface area contributed by atoms with E-state index in [1.54, 1.807) is 39.5 Å². The van der Waals surface area contributed by atoms with Crippen LogP contribution in [-0.2, 0) is 59.4 Å². The van der Waals surface area contributed by atoms with Crippen molar-refractivity contribution in [3.05, 3.63) is 71.5 Å². The maximum Gasteiger partial charge on any atom is 0.324 e. The summed E-state index contributed by atoms with van der Waals surface area (Å²) in [5, 5.41) is 19.9. The largest absolute Gasteiger partial charge is 0.508 e. The molecule has 6 bridgehead atoms. The fourth-order valence-corrected chi connectivity index (χ4v) is 10.1. The van der Waals surface area contributed by atoms with Crippen molar-refractivity contribution in [2.75, 3.05) is 40.9 Å². The average molecular weight is 919 g/mol. The molecule has 1 aliphatic carbocycles. The van der Waals surface area contributed by atoms with Gasteiger partial charge in [0.05, 0.1) is 25.5 Å². The molecule has 5 atom stereocenters. The maximum absolute atomic E-state index is 14.7. The Hall–Kier alpha value is -5.84. The van der Waals surface area contributed by atoms with E-state index in [2.05, 4.69) is 58.5 Å². The molecule has 358 valence electrons. The predicted molar refractivity (Wildman–Crippen MR) is 253 cm³/mol. The van der Waals surface area contributed by atoms with Gasteiger partial charge in [-0.15, -0.1) is 0 Å². The van der Waals surface area contributed by atoms with Crippen LogP contribution in [-0.4, -0.2) is 130 Å². The van der Waals surface area contributed by atoms with Crippen LogP contribution in [0.1, 0.15) is 77.0 Å². The average Bonchev–Trinajstić information content (AvgIpc) is 4.24. The fourth-order valence-electron chi connectivity index (χ4n) is 10.1. The topological polar surface area (TPSA) is 198 Å². The van der Waals surface area contributed by atoms with Crippen molar-refractivity contribution in [3.63, 3.8) is 0 Å². The summed E-state index contributed by atoms with van der Waals surface area (Å²) in [4.78, 5) is 77.4. The van der Waals surface area contributed by atoms with Gasteiger partial charge in [0.1, 0.15) is 29.9 Å². The molecule has 16 nitrogen and oxygen atoms in total. The second kappa shape index (κ2) is 19.4. The third kappa shape index (κ3) is 10.2. The third-order valence-corrected chi connectivity index (χ3v) is 13.8. The summed E-state index contributed by atoms with van der Waals surface area (Å²) in [6, 6.07) is 10.3. The third-order valence-electron chi connectivity index (χ3n) is 13.8. The van der Waals surface area contributed by atoms with Crippen LogP contribution in [0.4, 0.5) is 0 Å². The molecular formula is C51H66N8O8. The van der Waals surface area contributed by atoms with Crippen LogP contribution in [0.3, 0.4) is 0 Å².